The molecule has 2 aromatic carbocycles. The molecule has 4 aromatic rings. The highest BCUT2D eigenvalue weighted by Gasteiger charge is 2.23. The molecule has 0 amide bonds. The average Bonchev–Trinajstić information content (AvgIpc) is 3.18. The van der Waals surface area contributed by atoms with E-state index in [-0.39, 0.29) is 6.10 Å². The van der Waals surface area contributed by atoms with E-state index < -0.39 is 0 Å². The lowest BCUT2D eigenvalue weighted by Gasteiger charge is -2.20. The second kappa shape index (κ2) is 8.37. The van der Waals surface area contributed by atoms with Crippen LogP contribution in [0.15, 0.2) is 67.0 Å². The summed E-state index contributed by atoms with van der Waals surface area (Å²) in [5.41, 5.74) is 5.07. The minimum Gasteiger partial charge on any atom is -0.492 e. The molecule has 5 heteroatoms. The Bertz CT molecular complexity index is 1100. The molecule has 1 unspecified atom stereocenters. The van der Waals surface area contributed by atoms with Crippen LogP contribution in [0.3, 0.4) is 0 Å². The van der Waals surface area contributed by atoms with E-state index in [0.29, 0.717) is 18.1 Å². The van der Waals surface area contributed by atoms with Crippen molar-refractivity contribution in [3.63, 3.8) is 0 Å². The zero-order chi connectivity index (χ0) is 20.2. The molecule has 0 spiro atoms. The maximum absolute atomic E-state index is 6.09. The summed E-state index contributed by atoms with van der Waals surface area (Å²) >= 11 is 0. The Balaban J connectivity index is 1.67. The van der Waals surface area contributed by atoms with Gasteiger partial charge in [0.25, 0.3) is 0 Å². The fourth-order valence-corrected chi connectivity index (χ4v) is 3.53. The molecule has 0 saturated heterocycles. The molecule has 1 atom stereocenters. The third kappa shape index (κ3) is 3.82. The van der Waals surface area contributed by atoms with E-state index in [1.54, 1.807) is 20.4 Å². The highest BCUT2D eigenvalue weighted by Crippen LogP contribution is 2.40. The maximum atomic E-state index is 6.09. The Morgan fingerprint density at radius 3 is 2.55 bits per heavy atom. The van der Waals surface area contributed by atoms with Crippen molar-refractivity contribution in [3.8, 4) is 11.5 Å². The van der Waals surface area contributed by atoms with Crippen molar-refractivity contribution in [1.29, 1.82) is 0 Å². The first kappa shape index (κ1) is 19.0. The summed E-state index contributed by atoms with van der Waals surface area (Å²) in [5.74, 6) is 1.36. The van der Waals surface area contributed by atoms with Crippen LogP contribution < -0.4 is 9.47 Å². The molecular weight excluding hydrogens is 364 g/mol. The third-order valence-corrected chi connectivity index (χ3v) is 5.01. The molecule has 4 rings (SSSR count). The number of para-hydroxylation sites is 1. The first-order chi connectivity index (χ1) is 14.2. The van der Waals surface area contributed by atoms with Crippen LogP contribution in [0.25, 0.3) is 11.0 Å². The Hall–Kier alpha value is -3.31. The van der Waals surface area contributed by atoms with Crippen molar-refractivity contribution < 1.29 is 14.2 Å². The predicted octanol–water partition coefficient (Wildman–Crippen LogP) is 5.19. The van der Waals surface area contributed by atoms with Crippen molar-refractivity contribution in [2.24, 2.45) is 0 Å². The normalized spacial score (nSPS) is 12.1. The quantitative estimate of drug-likeness (QED) is 0.473. The van der Waals surface area contributed by atoms with Gasteiger partial charge in [0.05, 0.1) is 7.11 Å². The summed E-state index contributed by atoms with van der Waals surface area (Å²) < 4.78 is 17.7. The molecule has 0 aliphatic carbocycles. The van der Waals surface area contributed by atoms with Gasteiger partial charge in [-0.3, -0.25) is 0 Å². The molecule has 29 heavy (non-hydrogen) atoms. The van der Waals surface area contributed by atoms with E-state index in [1.165, 1.54) is 5.56 Å². The SMILES string of the molecule is COc1c(OCc2ccc(C)cc2)cccc1C(OC)c1c[nH]c2ncccc12. The monoisotopic (exact) mass is 388 g/mol. The van der Waals surface area contributed by atoms with Crippen LogP contribution in [-0.2, 0) is 11.3 Å². The summed E-state index contributed by atoms with van der Waals surface area (Å²) in [5, 5.41) is 1.02. The molecule has 0 aliphatic heterocycles. The molecule has 0 aliphatic rings. The average molecular weight is 388 g/mol. The lowest BCUT2D eigenvalue weighted by molar-refractivity contribution is 0.134. The fourth-order valence-electron chi connectivity index (χ4n) is 3.53. The molecule has 0 radical (unpaired) electrons. The Morgan fingerprint density at radius 1 is 0.966 bits per heavy atom. The minimum atomic E-state index is -0.314. The Kier molecular flexibility index (Phi) is 5.49. The number of hydrogen-bond donors (Lipinski definition) is 1. The van der Waals surface area contributed by atoms with Crippen molar-refractivity contribution in [1.82, 2.24) is 9.97 Å². The smallest absolute Gasteiger partial charge is 0.166 e. The first-order valence-corrected chi connectivity index (χ1v) is 9.51. The van der Waals surface area contributed by atoms with E-state index in [9.17, 15) is 0 Å². The van der Waals surface area contributed by atoms with Crippen LogP contribution >= 0.6 is 0 Å². The first-order valence-electron chi connectivity index (χ1n) is 9.51. The van der Waals surface area contributed by atoms with Crippen LogP contribution in [0.1, 0.15) is 28.4 Å². The van der Waals surface area contributed by atoms with Crippen LogP contribution in [0.2, 0.25) is 0 Å². The van der Waals surface area contributed by atoms with Gasteiger partial charge in [-0.15, -0.1) is 0 Å². The third-order valence-electron chi connectivity index (χ3n) is 5.01. The number of nitrogens with one attached hydrogen (secondary N) is 1. The van der Waals surface area contributed by atoms with Crippen LogP contribution in [0.4, 0.5) is 0 Å². The second-order valence-electron chi connectivity index (χ2n) is 6.91. The zero-order valence-corrected chi connectivity index (χ0v) is 16.8. The van der Waals surface area contributed by atoms with Crippen molar-refractivity contribution in [2.45, 2.75) is 19.6 Å². The summed E-state index contributed by atoms with van der Waals surface area (Å²) in [6, 6.07) is 18.1. The van der Waals surface area contributed by atoms with Gasteiger partial charge in [-0.1, -0.05) is 42.0 Å². The van der Waals surface area contributed by atoms with Gasteiger partial charge in [-0.2, -0.15) is 0 Å². The molecule has 2 heterocycles. The molecule has 5 nitrogen and oxygen atoms in total. The fraction of sp³-hybridized carbons (Fsp3) is 0.208. The van der Waals surface area contributed by atoms with Gasteiger partial charge in [0.15, 0.2) is 11.5 Å². The molecule has 2 aromatic heterocycles. The van der Waals surface area contributed by atoms with Crippen LogP contribution in [0.5, 0.6) is 11.5 Å². The Morgan fingerprint density at radius 2 is 1.79 bits per heavy atom. The maximum Gasteiger partial charge on any atom is 0.166 e. The number of fused-ring (bicyclic) bond motifs is 1. The number of methoxy groups -OCH3 is 2. The number of nitrogens with zero attached hydrogens (tertiary/aromatic N) is 1. The highest BCUT2D eigenvalue weighted by atomic mass is 16.5. The predicted molar refractivity (Wildman–Crippen MR) is 113 cm³/mol. The lowest BCUT2D eigenvalue weighted by atomic mass is 10.00. The van der Waals surface area contributed by atoms with Gasteiger partial charge in [0, 0.05) is 36.0 Å². The number of rotatable bonds is 7. The molecule has 0 bridgehead atoms. The van der Waals surface area contributed by atoms with Crippen molar-refractivity contribution in [2.75, 3.05) is 14.2 Å². The minimum absolute atomic E-state index is 0.314. The van der Waals surface area contributed by atoms with Gasteiger partial charge in [0.2, 0.25) is 0 Å². The second-order valence-corrected chi connectivity index (χ2v) is 6.91. The van der Waals surface area contributed by atoms with E-state index in [0.717, 1.165) is 27.7 Å². The number of pyridine rings is 1. The van der Waals surface area contributed by atoms with Crippen LogP contribution in [0, 0.1) is 6.92 Å². The largest absolute Gasteiger partial charge is 0.492 e. The van der Waals surface area contributed by atoms with Crippen molar-refractivity contribution >= 4 is 11.0 Å². The molecule has 148 valence electrons. The van der Waals surface area contributed by atoms with Gasteiger partial charge in [0.1, 0.15) is 18.4 Å². The standard InChI is InChI=1S/C24H24N2O3/c1-16-9-11-17(12-10-16)15-29-21-8-4-6-19(23(21)28-3)22(27-2)20-14-26-24-18(20)7-5-13-25-24/h4-14,22H,15H2,1-3H3,(H,25,26). The number of benzene rings is 2. The summed E-state index contributed by atoms with van der Waals surface area (Å²) in [4.78, 5) is 7.59. The summed E-state index contributed by atoms with van der Waals surface area (Å²) in [7, 11) is 3.35. The van der Waals surface area contributed by atoms with E-state index >= 15 is 0 Å². The van der Waals surface area contributed by atoms with Gasteiger partial charge in [-0.05, 0) is 30.7 Å². The van der Waals surface area contributed by atoms with Gasteiger partial charge in [-0.25, -0.2) is 4.98 Å². The number of H-pyrrole nitrogens is 1. The number of hydrogen-bond acceptors (Lipinski definition) is 4. The number of aryl methyl sites for hydroxylation is 1. The summed E-state index contributed by atoms with van der Waals surface area (Å²) in [6.07, 6.45) is 3.39. The molecule has 1 N–H and O–H groups in total. The highest BCUT2D eigenvalue weighted by molar-refractivity contribution is 5.80. The van der Waals surface area contributed by atoms with E-state index in [4.69, 9.17) is 14.2 Å². The number of aromatic amines is 1. The topological polar surface area (TPSA) is 56.4 Å². The summed E-state index contributed by atoms with van der Waals surface area (Å²) in [6.45, 7) is 2.54. The lowest BCUT2D eigenvalue weighted by Crippen LogP contribution is -2.07. The molecular formula is C24H24N2O3. The number of ether oxygens (including phenoxy) is 3. The Labute approximate surface area is 170 Å². The molecule has 0 fully saturated rings. The molecule has 0 saturated carbocycles. The van der Waals surface area contributed by atoms with Gasteiger partial charge < -0.3 is 19.2 Å². The zero-order valence-electron chi connectivity index (χ0n) is 16.8. The number of aromatic nitrogens is 2. The van der Waals surface area contributed by atoms with E-state index in [2.05, 4.69) is 41.2 Å². The van der Waals surface area contributed by atoms with Gasteiger partial charge >= 0.3 is 0 Å². The van der Waals surface area contributed by atoms with Crippen molar-refractivity contribution in [3.05, 3.63) is 89.2 Å². The van der Waals surface area contributed by atoms with E-state index in [1.807, 2.05) is 36.5 Å². The van der Waals surface area contributed by atoms with Crippen LogP contribution in [-0.4, -0.2) is 24.2 Å².